The third-order valence-electron chi connectivity index (χ3n) is 3.60. The minimum absolute atomic E-state index is 0.0462. The highest BCUT2D eigenvalue weighted by Gasteiger charge is 2.30. The number of ether oxygens (including phenoxy) is 1. The monoisotopic (exact) mass is 356 g/mol. The predicted molar refractivity (Wildman–Crippen MR) is 85.4 cm³/mol. The topological polar surface area (TPSA) is 98.2 Å². The molecule has 0 saturated carbocycles. The van der Waals surface area contributed by atoms with Gasteiger partial charge in [0.1, 0.15) is 0 Å². The van der Waals surface area contributed by atoms with Gasteiger partial charge in [-0.1, -0.05) is 11.6 Å². The van der Waals surface area contributed by atoms with Crippen molar-refractivity contribution in [3.8, 4) is 0 Å². The van der Waals surface area contributed by atoms with Crippen LogP contribution >= 0.6 is 11.6 Å². The van der Waals surface area contributed by atoms with Crippen LogP contribution in [-0.2, 0) is 20.3 Å². The summed E-state index contributed by atoms with van der Waals surface area (Å²) < 4.78 is 18.6. The number of esters is 1. The standard InChI is InChI=1S/C14H13ClN2O5S/c1-2-22-11(18)5-8-6-23(21)10-4-7(15)3-9-12(10)17(8)14(20)13(19)16-9/h3-4,8H,2,5-6H2,1H3,(H,16,19). The molecule has 2 atom stereocenters. The van der Waals surface area contributed by atoms with Gasteiger partial charge in [-0.15, -0.1) is 0 Å². The summed E-state index contributed by atoms with van der Waals surface area (Å²) in [5.74, 6) is -0.461. The highest BCUT2D eigenvalue weighted by Crippen LogP contribution is 2.32. The molecule has 1 aliphatic heterocycles. The van der Waals surface area contributed by atoms with Crippen molar-refractivity contribution in [3.05, 3.63) is 37.9 Å². The van der Waals surface area contributed by atoms with Gasteiger partial charge >= 0.3 is 17.1 Å². The van der Waals surface area contributed by atoms with Crippen LogP contribution in [0, 0.1) is 0 Å². The summed E-state index contributed by atoms with van der Waals surface area (Å²) in [4.78, 5) is 38.7. The van der Waals surface area contributed by atoms with E-state index in [2.05, 4.69) is 4.98 Å². The number of benzene rings is 1. The average Bonchev–Trinajstić information content (AvgIpc) is 2.47. The number of hydrogen-bond acceptors (Lipinski definition) is 5. The maximum absolute atomic E-state index is 12.5. The molecule has 9 heteroatoms. The van der Waals surface area contributed by atoms with E-state index in [1.807, 2.05) is 0 Å². The van der Waals surface area contributed by atoms with Crippen molar-refractivity contribution in [2.45, 2.75) is 24.3 Å². The molecule has 122 valence electrons. The zero-order chi connectivity index (χ0) is 16.7. The normalized spacial score (nSPS) is 19.7. The summed E-state index contributed by atoms with van der Waals surface area (Å²) in [6.45, 7) is 1.88. The number of nitrogens with zero attached hydrogens (tertiary/aromatic N) is 1. The van der Waals surface area contributed by atoms with Crippen LogP contribution in [0.15, 0.2) is 26.6 Å². The summed E-state index contributed by atoms with van der Waals surface area (Å²) in [7, 11) is -1.44. The molecule has 1 aromatic carbocycles. The van der Waals surface area contributed by atoms with Gasteiger partial charge in [0.15, 0.2) is 0 Å². The molecular formula is C14H13ClN2O5S. The number of hydrogen-bond donors (Lipinski definition) is 1. The van der Waals surface area contributed by atoms with E-state index in [9.17, 15) is 18.6 Å². The van der Waals surface area contributed by atoms with E-state index in [0.717, 1.165) is 0 Å². The largest absolute Gasteiger partial charge is 0.466 e. The first kappa shape index (κ1) is 15.9. The summed E-state index contributed by atoms with van der Waals surface area (Å²) in [6.07, 6.45) is -0.125. The molecule has 1 aliphatic rings. The maximum Gasteiger partial charge on any atom is 0.317 e. The fourth-order valence-electron chi connectivity index (χ4n) is 2.73. The van der Waals surface area contributed by atoms with Gasteiger partial charge in [-0.25, -0.2) is 0 Å². The van der Waals surface area contributed by atoms with E-state index in [0.29, 0.717) is 21.0 Å². The van der Waals surface area contributed by atoms with Crippen molar-refractivity contribution < 1.29 is 13.7 Å². The van der Waals surface area contributed by atoms with Crippen molar-refractivity contribution in [1.82, 2.24) is 9.55 Å². The van der Waals surface area contributed by atoms with Crippen LogP contribution in [0.3, 0.4) is 0 Å². The lowest BCUT2D eigenvalue weighted by atomic mass is 10.2. The molecule has 2 heterocycles. The van der Waals surface area contributed by atoms with Gasteiger partial charge in [-0.05, 0) is 19.1 Å². The molecule has 1 N–H and O–H groups in total. The first-order chi connectivity index (χ1) is 10.9. The molecule has 2 unspecified atom stereocenters. The van der Waals surface area contributed by atoms with E-state index in [1.54, 1.807) is 6.92 Å². The van der Waals surface area contributed by atoms with E-state index in [1.165, 1.54) is 16.7 Å². The molecule has 1 aromatic heterocycles. The zero-order valence-electron chi connectivity index (χ0n) is 12.1. The Hall–Kier alpha value is -1.93. The van der Waals surface area contributed by atoms with Crippen LogP contribution in [0.1, 0.15) is 19.4 Å². The molecule has 3 rings (SSSR count). The molecule has 0 saturated heterocycles. The van der Waals surface area contributed by atoms with Crippen LogP contribution in [0.2, 0.25) is 5.02 Å². The summed E-state index contributed by atoms with van der Waals surface area (Å²) in [5.41, 5.74) is -0.934. The molecule has 7 nitrogen and oxygen atoms in total. The number of nitrogens with one attached hydrogen (secondary N) is 1. The number of H-pyrrole nitrogens is 1. The smallest absolute Gasteiger partial charge is 0.317 e. The summed E-state index contributed by atoms with van der Waals surface area (Å²) in [6, 6.07) is 2.30. The molecule has 23 heavy (non-hydrogen) atoms. The quantitative estimate of drug-likeness (QED) is 0.652. The molecule has 2 aromatic rings. The van der Waals surface area contributed by atoms with Crippen LogP contribution < -0.4 is 11.1 Å². The molecule has 0 aliphatic carbocycles. The number of aromatic amines is 1. The fourth-order valence-corrected chi connectivity index (χ4v) is 4.49. The summed E-state index contributed by atoms with van der Waals surface area (Å²) >= 11 is 5.98. The van der Waals surface area contributed by atoms with Crippen LogP contribution in [0.25, 0.3) is 11.0 Å². The first-order valence-electron chi connectivity index (χ1n) is 6.94. The third kappa shape index (κ3) is 2.72. The number of rotatable bonds is 3. The molecule has 0 radical (unpaired) electrons. The second kappa shape index (κ2) is 5.93. The Bertz CT molecular complexity index is 949. The molecular weight excluding hydrogens is 344 g/mol. The van der Waals surface area contributed by atoms with Gasteiger partial charge in [0.2, 0.25) is 0 Å². The Kier molecular flexibility index (Phi) is 4.11. The maximum atomic E-state index is 12.5. The third-order valence-corrected chi connectivity index (χ3v) is 5.31. The molecule has 0 fully saturated rings. The minimum Gasteiger partial charge on any atom is -0.466 e. The van der Waals surface area contributed by atoms with Gasteiger partial charge in [-0.3, -0.25) is 23.2 Å². The van der Waals surface area contributed by atoms with Crippen LogP contribution in [-0.4, -0.2) is 32.1 Å². The van der Waals surface area contributed by atoms with E-state index < -0.39 is 33.9 Å². The van der Waals surface area contributed by atoms with Crippen molar-refractivity contribution in [3.63, 3.8) is 0 Å². The number of carbonyl (C=O) groups is 1. The summed E-state index contributed by atoms with van der Waals surface area (Å²) in [5, 5.41) is 0.311. The number of carbonyl (C=O) groups excluding carboxylic acids is 1. The number of aromatic nitrogens is 2. The van der Waals surface area contributed by atoms with Crippen LogP contribution in [0.4, 0.5) is 0 Å². The lowest BCUT2D eigenvalue weighted by Crippen LogP contribution is -2.42. The minimum atomic E-state index is -1.44. The predicted octanol–water partition coefficient (Wildman–Crippen LogP) is 0.959. The Labute approximate surface area is 137 Å². The highest BCUT2D eigenvalue weighted by molar-refractivity contribution is 7.85. The fraction of sp³-hybridized carbons (Fsp3) is 0.357. The van der Waals surface area contributed by atoms with Crippen molar-refractivity contribution in [2.24, 2.45) is 0 Å². The lowest BCUT2D eigenvalue weighted by Gasteiger charge is -2.26. The van der Waals surface area contributed by atoms with Gasteiger partial charge in [0, 0.05) is 10.8 Å². The van der Waals surface area contributed by atoms with Crippen molar-refractivity contribution >= 4 is 39.4 Å². The van der Waals surface area contributed by atoms with Crippen molar-refractivity contribution in [2.75, 3.05) is 12.4 Å². The Morgan fingerprint density at radius 2 is 2.22 bits per heavy atom. The van der Waals surface area contributed by atoms with Gasteiger partial charge in [-0.2, -0.15) is 0 Å². The first-order valence-corrected chi connectivity index (χ1v) is 8.64. The number of halogens is 1. The Balaban J connectivity index is 2.28. The molecule has 0 bridgehead atoms. The van der Waals surface area contributed by atoms with Crippen LogP contribution in [0.5, 0.6) is 0 Å². The SMILES string of the molecule is CCOC(=O)CC1CS(=O)c2cc(Cl)cc3[nH]c(=O)c(=O)n1c23. The molecule has 0 amide bonds. The van der Waals surface area contributed by atoms with E-state index >= 15 is 0 Å². The second-order valence-corrected chi connectivity index (χ2v) is 7.01. The zero-order valence-corrected chi connectivity index (χ0v) is 13.7. The van der Waals surface area contributed by atoms with E-state index in [-0.39, 0.29) is 18.8 Å². The second-order valence-electron chi connectivity index (χ2n) is 5.10. The lowest BCUT2D eigenvalue weighted by molar-refractivity contribution is -0.143. The van der Waals surface area contributed by atoms with Gasteiger partial charge in [0.25, 0.3) is 0 Å². The highest BCUT2D eigenvalue weighted by atomic mass is 35.5. The van der Waals surface area contributed by atoms with Gasteiger partial charge in [0.05, 0.1) is 45.8 Å². The van der Waals surface area contributed by atoms with E-state index in [4.69, 9.17) is 16.3 Å². The van der Waals surface area contributed by atoms with Crippen molar-refractivity contribution in [1.29, 1.82) is 0 Å². The molecule has 0 spiro atoms. The Morgan fingerprint density at radius 3 is 2.91 bits per heavy atom. The Morgan fingerprint density at radius 1 is 1.48 bits per heavy atom. The average molecular weight is 357 g/mol. The van der Waals surface area contributed by atoms with Gasteiger partial charge < -0.3 is 9.72 Å².